The maximum absolute atomic E-state index is 3.25. The Morgan fingerprint density at radius 3 is 3.00 bits per heavy atom. The SMILES string of the molecule is c1ccc2c(c1)CNCN2. The molecule has 0 atom stereocenters. The summed E-state index contributed by atoms with van der Waals surface area (Å²) in [4.78, 5) is 0. The Kier molecular flexibility index (Phi) is 1.32. The Hall–Kier alpha value is -1.02. The van der Waals surface area contributed by atoms with Gasteiger partial charge in [0.1, 0.15) is 0 Å². The molecule has 52 valence electrons. The number of benzene rings is 1. The lowest BCUT2D eigenvalue weighted by atomic mass is 10.1. The van der Waals surface area contributed by atoms with Gasteiger partial charge in [-0.25, -0.2) is 0 Å². The maximum Gasteiger partial charge on any atom is 0.0655 e. The summed E-state index contributed by atoms with van der Waals surface area (Å²) < 4.78 is 0. The first-order valence-electron chi connectivity index (χ1n) is 3.49. The minimum absolute atomic E-state index is 0.886. The van der Waals surface area contributed by atoms with Crippen LogP contribution in [0.5, 0.6) is 0 Å². The van der Waals surface area contributed by atoms with E-state index in [0.29, 0.717) is 0 Å². The van der Waals surface area contributed by atoms with Crippen LogP contribution in [0.4, 0.5) is 5.69 Å². The number of rotatable bonds is 0. The fraction of sp³-hybridized carbons (Fsp3) is 0.250. The van der Waals surface area contributed by atoms with E-state index in [9.17, 15) is 0 Å². The molecule has 2 N–H and O–H groups in total. The van der Waals surface area contributed by atoms with Crippen LogP contribution in [0, 0.1) is 0 Å². The van der Waals surface area contributed by atoms with Gasteiger partial charge in [0.15, 0.2) is 0 Å². The fourth-order valence-electron chi connectivity index (χ4n) is 1.20. The largest absolute Gasteiger partial charge is 0.372 e. The minimum atomic E-state index is 0.886. The van der Waals surface area contributed by atoms with Crippen LogP contribution in [0.1, 0.15) is 5.56 Å². The molecule has 0 radical (unpaired) electrons. The summed E-state index contributed by atoms with van der Waals surface area (Å²) in [6.07, 6.45) is 0. The quantitative estimate of drug-likeness (QED) is 0.556. The van der Waals surface area contributed by atoms with Crippen LogP contribution >= 0.6 is 0 Å². The van der Waals surface area contributed by atoms with Gasteiger partial charge in [-0.05, 0) is 11.6 Å². The second-order valence-corrected chi connectivity index (χ2v) is 2.44. The van der Waals surface area contributed by atoms with Crippen LogP contribution in [0.2, 0.25) is 0 Å². The third kappa shape index (κ3) is 0.866. The van der Waals surface area contributed by atoms with Gasteiger partial charge in [-0.3, -0.25) is 5.32 Å². The van der Waals surface area contributed by atoms with Crippen molar-refractivity contribution >= 4 is 5.69 Å². The van der Waals surface area contributed by atoms with E-state index in [1.807, 2.05) is 0 Å². The monoisotopic (exact) mass is 134 g/mol. The summed E-state index contributed by atoms with van der Waals surface area (Å²) in [7, 11) is 0. The van der Waals surface area contributed by atoms with E-state index in [1.165, 1.54) is 11.3 Å². The van der Waals surface area contributed by atoms with E-state index in [1.54, 1.807) is 0 Å². The van der Waals surface area contributed by atoms with Crippen molar-refractivity contribution in [1.29, 1.82) is 0 Å². The molecule has 0 saturated carbocycles. The summed E-state index contributed by atoms with van der Waals surface area (Å²) in [5.41, 5.74) is 2.62. The fourth-order valence-corrected chi connectivity index (χ4v) is 1.20. The van der Waals surface area contributed by atoms with Gasteiger partial charge in [0.25, 0.3) is 0 Å². The molecule has 0 bridgehead atoms. The molecule has 0 spiro atoms. The van der Waals surface area contributed by atoms with Crippen molar-refractivity contribution in [3.8, 4) is 0 Å². The summed E-state index contributed by atoms with van der Waals surface area (Å²) in [6, 6.07) is 8.36. The highest BCUT2D eigenvalue weighted by molar-refractivity contribution is 5.52. The molecule has 1 aliphatic heterocycles. The van der Waals surface area contributed by atoms with Crippen LogP contribution in [0.15, 0.2) is 24.3 Å². The van der Waals surface area contributed by atoms with Crippen LogP contribution in [0.3, 0.4) is 0 Å². The van der Waals surface area contributed by atoms with Crippen LogP contribution in [0.25, 0.3) is 0 Å². The molecule has 0 aliphatic carbocycles. The lowest BCUT2D eigenvalue weighted by molar-refractivity contribution is 0.709. The lowest BCUT2D eigenvalue weighted by Gasteiger charge is -2.18. The van der Waals surface area contributed by atoms with Crippen molar-refractivity contribution in [1.82, 2.24) is 5.32 Å². The second kappa shape index (κ2) is 2.31. The van der Waals surface area contributed by atoms with Crippen LogP contribution < -0.4 is 10.6 Å². The molecule has 10 heavy (non-hydrogen) atoms. The van der Waals surface area contributed by atoms with Gasteiger partial charge in [-0.1, -0.05) is 18.2 Å². The average molecular weight is 134 g/mol. The number of fused-ring (bicyclic) bond motifs is 1. The minimum Gasteiger partial charge on any atom is -0.372 e. The topological polar surface area (TPSA) is 24.1 Å². The molecule has 1 heterocycles. The Bertz CT molecular complexity index is 207. The molecular weight excluding hydrogens is 124 g/mol. The van der Waals surface area contributed by atoms with Crippen molar-refractivity contribution in [2.75, 3.05) is 12.0 Å². The lowest BCUT2D eigenvalue weighted by Crippen LogP contribution is -2.27. The first-order chi connectivity index (χ1) is 4.97. The number of nitrogens with one attached hydrogen (secondary N) is 2. The zero-order chi connectivity index (χ0) is 6.81. The molecular formula is C8H10N2. The van der Waals surface area contributed by atoms with E-state index in [0.717, 1.165) is 13.2 Å². The molecule has 0 aromatic heterocycles. The van der Waals surface area contributed by atoms with E-state index < -0.39 is 0 Å². The van der Waals surface area contributed by atoms with Gasteiger partial charge >= 0.3 is 0 Å². The highest BCUT2D eigenvalue weighted by Crippen LogP contribution is 2.16. The van der Waals surface area contributed by atoms with Gasteiger partial charge in [-0.15, -0.1) is 0 Å². The van der Waals surface area contributed by atoms with Crippen molar-refractivity contribution in [2.45, 2.75) is 6.54 Å². The van der Waals surface area contributed by atoms with Crippen molar-refractivity contribution in [3.63, 3.8) is 0 Å². The smallest absolute Gasteiger partial charge is 0.0655 e. The number of anilines is 1. The van der Waals surface area contributed by atoms with Crippen molar-refractivity contribution in [3.05, 3.63) is 29.8 Å². The van der Waals surface area contributed by atoms with Crippen LogP contribution in [-0.2, 0) is 6.54 Å². The standard InChI is InChI=1S/C8H10N2/c1-2-4-8-7(3-1)5-9-6-10-8/h1-4,9-10H,5-6H2. The summed E-state index contributed by atoms with van der Waals surface area (Å²) >= 11 is 0. The second-order valence-electron chi connectivity index (χ2n) is 2.44. The summed E-state index contributed by atoms with van der Waals surface area (Å²) in [5, 5.41) is 6.48. The molecule has 2 rings (SSSR count). The Balaban J connectivity index is 2.41. The van der Waals surface area contributed by atoms with Crippen molar-refractivity contribution in [2.24, 2.45) is 0 Å². The maximum atomic E-state index is 3.25. The zero-order valence-corrected chi connectivity index (χ0v) is 5.72. The number of para-hydroxylation sites is 1. The van der Waals surface area contributed by atoms with Gasteiger partial charge in [-0.2, -0.15) is 0 Å². The first-order valence-corrected chi connectivity index (χ1v) is 3.49. The number of hydrogen-bond donors (Lipinski definition) is 2. The third-order valence-corrected chi connectivity index (χ3v) is 1.74. The summed E-state index contributed by atoms with van der Waals surface area (Å²) in [5.74, 6) is 0. The molecule has 0 fully saturated rings. The molecule has 2 heteroatoms. The first kappa shape index (κ1) is 5.74. The average Bonchev–Trinajstić information content (AvgIpc) is 2.05. The van der Waals surface area contributed by atoms with Crippen molar-refractivity contribution < 1.29 is 0 Å². The van der Waals surface area contributed by atoms with Crippen LogP contribution in [-0.4, -0.2) is 6.67 Å². The van der Waals surface area contributed by atoms with E-state index in [4.69, 9.17) is 0 Å². The molecule has 1 aliphatic rings. The Labute approximate surface area is 60.3 Å². The third-order valence-electron chi connectivity index (χ3n) is 1.74. The Morgan fingerprint density at radius 2 is 2.10 bits per heavy atom. The highest BCUT2D eigenvalue weighted by Gasteiger charge is 2.03. The molecule has 1 aromatic rings. The normalized spacial score (nSPS) is 15.6. The highest BCUT2D eigenvalue weighted by atomic mass is 15.1. The zero-order valence-electron chi connectivity index (χ0n) is 5.72. The van der Waals surface area contributed by atoms with E-state index in [-0.39, 0.29) is 0 Å². The molecule has 2 nitrogen and oxygen atoms in total. The van der Waals surface area contributed by atoms with E-state index in [2.05, 4.69) is 34.9 Å². The Morgan fingerprint density at radius 1 is 1.20 bits per heavy atom. The summed E-state index contributed by atoms with van der Waals surface area (Å²) in [6.45, 7) is 1.88. The predicted molar refractivity (Wildman–Crippen MR) is 41.8 cm³/mol. The van der Waals surface area contributed by atoms with E-state index >= 15 is 0 Å². The van der Waals surface area contributed by atoms with Gasteiger partial charge in [0, 0.05) is 12.2 Å². The van der Waals surface area contributed by atoms with Gasteiger partial charge < -0.3 is 5.32 Å². The number of hydrogen-bond acceptors (Lipinski definition) is 2. The van der Waals surface area contributed by atoms with Gasteiger partial charge in [0.2, 0.25) is 0 Å². The molecule has 0 amide bonds. The molecule has 1 aromatic carbocycles. The molecule has 0 unspecified atom stereocenters. The predicted octanol–water partition coefficient (Wildman–Crippen LogP) is 1.16. The molecule has 0 saturated heterocycles. The van der Waals surface area contributed by atoms with Gasteiger partial charge in [0.05, 0.1) is 6.67 Å².